The van der Waals surface area contributed by atoms with Crippen LogP contribution in [0, 0.1) is 5.82 Å². The molecule has 0 radical (unpaired) electrons. The second-order valence-electron chi connectivity index (χ2n) is 4.92. The molecule has 0 atom stereocenters. The van der Waals surface area contributed by atoms with Crippen molar-refractivity contribution in [3.05, 3.63) is 35.0 Å². The number of hydrogen-bond donors (Lipinski definition) is 1. The smallest absolute Gasteiger partial charge is 0.180 e. The van der Waals surface area contributed by atoms with Gasteiger partial charge in [0, 0.05) is 24.2 Å². The molecule has 0 fully saturated rings. The van der Waals surface area contributed by atoms with Crippen LogP contribution in [0.4, 0.5) is 9.52 Å². The van der Waals surface area contributed by atoms with E-state index in [1.807, 2.05) is 12.1 Å². The van der Waals surface area contributed by atoms with Crippen molar-refractivity contribution in [1.29, 1.82) is 0 Å². The lowest BCUT2D eigenvalue weighted by atomic mass is 10.0. The van der Waals surface area contributed by atoms with Gasteiger partial charge in [-0.1, -0.05) is 25.5 Å². The van der Waals surface area contributed by atoms with Crippen LogP contribution in [0.5, 0.6) is 0 Å². The van der Waals surface area contributed by atoms with Crippen LogP contribution in [0.3, 0.4) is 0 Å². The summed E-state index contributed by atoms with van der Waals surface area (Å²) in [6.07, 6.45) is 3.71. The number of aryl methyl sites for hydroxylation is 1. The SMILES string of the molecule is CCCCOCCCc1cccc(-c2csc(N)n2)c1F. The van der Waals surface area contributed by atoms with Gasteiger partial charge in [-0.25, -0.2) is 9.37 Å². The van der Waals surface area contributed by atoms with Gasteiger partial charge in [-0.3, -0.25) is 0 Å². The molecule has 0 bridgehead atoms. The molecular formula is C16H21FN2OS. The van der Waals surface area contributed by atoms with E-state index in [1.165, 1.54) is 11.3 Å². The van der Waals surface area contributed by atoms with E-state index in [0.717, 1.165) is 25.9 Å². The van der Waals surface area contributed by atoms with Gasteiger partial charge in [-0.15, -0.1) is 11.3 Å². The summed E-state index contributed by atoms with van der Waals surface area (Å²) in [5.74, 6) is -0.198. The average Bonchev–Trinajstić information content (AvgIpc) is 2.90. The Labute approximate surface area is 129 Å². The predicted octanol–water partition coefficient (Wildman–Crippen LogP) is 4.28. The van der Waals surface area contributed by atoms with Crippen molar-refractivity contribution < 1.29 is 9.13 Å². The summed E-state index contributed by atoms with van der Waals surface area (Å²) in [7, 11) is 0. The van der Waals surface area contributed by atoms with Crippen LogP contribution in [-0.4, -0.2) is 18.2 Å². The zero-order chi connectivity index (χ0) is 15.1. The first-order valence-corrected chi connectivity index (χ1v) is 8.17. The lowest BCUT2D eigenvalue weighted by Crippen LogP contribution is -2.00. The third-order valence-corrected chi connectivity index (χ3v) is 3.93. The van der Waals surface area contributed by atoms with E-state index in [4.69, 9.17) is 10.5 Å². The first-order valence-electron chi connectivity index (χ1n) is 7.29. The number of benzene rings is 1. The van der Waals surface area contributed by atoms with Gasteiger partial charge in [0.15, 0.2) is 5.13 Å². The number of halogens is 1. The van der Waals surface area contributed by atoms with Crippen LogP contribution < -0.4 is 5.73 Å². The Hall–Kier alpha value is -1.46. The van der Waals surface area contributed by atoms with Crippen LogP contribution in [0.25, 0.3) is 11.3 Å². The normalized spacial score (nSPS) is 11.0. The fourth-order valence-electron chi connectivity index (χ4n) is 2.10. The first kappa shape index (κ1) is 15.9. The average molecular weight is 308 g/mol. The van der Waals surface area contributed by atoms with Gasteiger partial charge < -0.3 is 10.5 Å². The van der Waals surface area contributed by atoms with Crippen molar-refractivity contribution in [3.63, 3.8) is 0 Å². The lowest BCUT2D eigenvalue weighted by molar-refractivity contribution is 0.129. The number of thiazole rings is 1. The van der Waals surface area contributed by atoms with Crippen LogP contribution in [0.2, 0.25) is 0 Å². The third kappa shape index (κ3) is 4.51. The Bertz CT molecular complexity index is 571. The number of rotatable bonds is 8. The molecule has 5 heteroatoms. The number of aromatic nitrogens is 1. The number of nitrogens with zero attached hydrogens (tertiary/aromatic N) is 1. The van der Waals surface area contributed by atoms with E-state index >= 15 is 0 Å². The van der Waals surface area contributed by atoms with Crippen molar-refractivity contribution in [1.82, 2.24) is 4.98 Å². The third-order valence-electron chi connectivity index (χ3n) is 3.25. The minimum Gasteiger partial charge on any atom is -0.381 e. The number of unbranched alkanes of at least 4 members (excludes halogenated alkanes) is 1. The van der Waals surface area contributed by atoms with Crippen LogP contribution >= 0.6 is 11.3 Å². The maximum Gasteiger partial charge on any atom is 0.180 e. The lowest BCUT2D eigenvalue weighted by Gasteiger charge is -2.07. The first-order chi connectivity index (χ1) is 10.2. The molecule has 0 spiro atoms. The topological polar surface area (TPSA) is 48.1 Å². The molecule has 0 saturated heterocycles. The van der Waals surface area contributed by atoms with Gasteiger partial charge in [0.2, 0.25) is 0 Å². The minimum atomic E-state index is -0.198. The molecular weight excluding hydrogens is 287 g/mol. The van der Waals surface area contributed by atoms with Gasteiger partial charge in [-0.05, 0) is 30.9 Å². The summed E-state index contributed by atoms with van der Waals surface area (Å²) in [5.41, 5.74) is 7.45. The molecule has 0 aliphatic carbocycles. The fraction of sp³-hybridized carbons (Fsp3) is 0.438. The molecule has 2 aromatic rings. The summed E-state index contributed by atoms with van der Waals surface area (Å²) in [6.45, 7) is 3.60. The highest BCUT2D eigenvalue weighted by molar-refractivity contribution is 7.13. The van der Waals surface area contributed by atoms with Crippen molar-refractivity contribution in [2.75, 3.05) is 18.9 Å². The molecule has 1 heterocycles. The van der Waals surface area contributed by atoms with Crippen molar-refractivity contribution in [2.24, 2.45) is 0 Å². The molecule has 0 unspecified atom stereocenters. The standard InChI is InChI=1S/C16H21FN2OS/c1-2-3-9-20-10-5-7-12-6-4-8-13(15(12)17)14-11-21-16(18)19-14/h4,6,8,11H,2-3,5,7,9-10H2,1H3,(H2,18,19). The van der Waals surface area contributed by atoms with E-state index < -0.39 is 0 Å². The fourth-order valence-corrected chi connectivity index (χ4v) is 2.66. The van der Waals surface area contributed by atoms with E-state index in [2.05, 4.69) is 11.9 Å². The van der Waals surface area contributed by atoms with Crippen LogP contribution in [0.15, 0.2) is 23.6 Å². The molecule has 0 aliphatic heterocycles. The number of nitrogen functional groups attached to an aromatic ring is 1. The van der Waals surface area contributed by atoms with Crippen molar-refractivity contribution in [3.8, 4) is 11.3 Å². The maximum atomic E-state index is 14.5. The molecule has 2 rings (SSSR count). The van der Waals surface area contributed by atoms with Gasteiger partial charge >= 0.3 is 0 Å². The zero-order valence-corrected chi connectivity index (χ0v) is 13.1. The summed E-state index contributed by atoms with van der Waals surface area (Å²) in [4.78, 5) is 4.14. The summed E-state index contributed by atoms with van der Waals surface area (Å²) >= 11 is 1.32. The quantitative estimate of drug-likeness (QED) is 0.740. The van der Waals surface area contributed by atoms with Crippen LogP contribution in [-0.2, 0) is 11.2 Å². The molecule has 2 N–H and O–H groups in total. The molecule has 0 amide bonds. The van der Waals surface area contributed by atoms with E-state index in [9.17, 15) is 4.39 Å². The second kappa shape index (κ2) is 8.10. The van der Waals surface area contributed by atoms with Gasteiger partial charge in [0.25, 0.3) is 0 Å². The molecule has 0 aliphatic rings. The molecule has 0 saturated carbocycles. The van der Waals surface area contributed by atoms with Gasteiger partial charge in [-0.2, -0.15) is 0 Å². The largest absolute Gasteiger partial charge is 0.381 e. The number of hydrogen-bond acceptors (Lipinski definition) is 4. The molecule has 21 heavy (non-hydrogen) atoms. The highest BCUT2D eigenvalue weighted by atomic mass is 32.1. The number of anilines is 1. The Morgan fingerprint density at radius 1 is 1.29 bits per heavy atom. The monoisotopic (exact) mass is 308 g/mol. The van der Waals surface area contributed by atoms with Crippen molar-refractivity contribution >= 4 is 16.5 Å². The summed E-state index contributed by atoms with van der Waals surface area (Å²) < 4.78 is 20.0. The Morgan fingerprint density at radius 3 is 2.81 bits per heavy atom. The van der Waals surface area contributed by atoms with E-state index in [-0.39, 0.29) is 5.82 Å². The van der Waals surface area contributed by atoms with E-state index in [0.29, 0.717) is 35.0 Å². The molecule has 114 valence electrons. The Kier molecular flexibility index (Phi) is 6.14. The molecule has 3 nitrogen and oxygen atoms in total. The number of nitrogens with two attached hydrogens (primary N) is 1. The Morgan fingerprint density at radius 2 is 2.10 bits per heavy atom. The summed E-state index contributed by atoms with van der Waals surface area (Å²) in [6, 6.07) is 5.42. The second-order valence-corrected chi connectivity index (χ2v) is 5.81. The Balaban J connectivity index is 1.95. The minimum absolute atomic E-state index is 0.198. The van der Waals surface area contributed by atoms with E-state index in [1.54, 1.807) is 11.4 Å². The summed E-state index contributed by atoms with van der Waals surface area (Å²) in [5, 5.41) is 2.24. The molecule has 1 aromatic heterocycles. The molecule has 1 aromatic carbocycles. The highest BCUT2D eigenvalue weighted by Gasteiger charge is 2.12. The number of ether oxygens (including phenoxy) is 1. The zero-order valence-electron chi connectivity index (χ0n) is 12.3. The van der Waals surface area contributed by atoms with Crippen molar-refractivity contribution in [2.45, 2.75) is 32.6 Å². The highest BCUT2D eigenvalue weighted by Crippen LogP contribution is 2.27. The predicted molar refractivity (Wildman–Crippen MR) is 86.0 cm³/mol. The van der Waals surface area contributed by atoms with Crippen LogP contribution in [0.1, 0.15) is 31.7 Å². The van der Waals surface area contributed by atoms with Gasteiger partial charge in [0.05, 0.1) is 5.69 Å². The maximum absolute atomic E-state index is 14.5. The van der Waals surface area contributed by atoms with Gasteiger partial charge in [0.1, 0.15) is 5.82 Å².